The molecule has 0 unspecified atom stereocenters. The van der Waals surface area contributed by atoms with Crippen LogP contribution < -0.4 is 0 Å². The highest BCUT2D eigenvalue weighted by molar-refractivity contribution is 5.81. The van der Waals surface area contributed by atoms with E-state index in [0.717, 1.165) is 6.08 Å². The van der Waals surface area contributed by atoms with Crippen LogP contribution in [0.25, 0.3) is 0 Å². The molecule has 0 aliphatic carbocycles. The number of aliphatic hydroxyl groups excluding tert-OH is 2. The molecule has 16 heavy (non-hydrogen) atoms. The van der Waals surface area contributed by atoms with Crippen molar-refractivity contribution in [3.8, 4) is 0 Å². The molecule has 0 aliphatic rings. The Bertz CT molecular complexity index is 233. The topological polar surface area (TPSA) is 93.1 Å². The van der Waals surface area contributed by atoms with E-state index in [0.29, 0.717) is 0 Å². The van der Waals surface area contributed by atoms with Gasteiger partial charge in [0.15, 0.2) is 0 Å². The predicted octanol–water partition coefficient (Wildman–Crippen LogP) is -0.750. The van der Waals surface area contributed by atoms with Crippen molar-refractivity contribution in [2.24, 2.45) is 5.92 Å². The van der Waals surface area contributed by atoms with Crippen LogP contribution >= 0.6 is 0 Å². The quantitative estimate of drug-likeness (QED) is 0.325. The second-order valence-electron chi connectivity index (χ2n) is 3.03. The predicted molar refractivity (Wildman–Crippen MR) is 54.4 cm³/mol. The molecule has 0 amide bonds. The van der Waals surface area contributed by atoms with E-state index in [1.165, 1.54) is 0 Å². The molecule has 6 nitrogen and oxygen atoms in total. The Morgan fingerprint density at radius 2 is 1.75 bits per heavy atom. The summed E-state index contributed by atoms with van der Waals surface area (Å²) in [4.78, 5) is 21.7. The fourth-order valence-corrected chi connectivity index (χ4v) is 0.838. The highest BCUT2D eigenvalue weighted by Gasteiger charge is 2.12. The van der Waals surface area contributed by atoms with Gasteiger partial charge in [-0.1, -0.05) is 6.58 Å². The van der Waals surface area contributed by atoms with Crippen molar-refractivity contribution < 1.29 is 29.3 Å². The Hall–Kier alpha value is -1.40. The van der Waals surface area contributed by atoms with Crippen molar-refractivity contribution in [3.05, 3.63) is 12.7 Å². The van der Waals surface area contributed by atoms with Gasteiger partial charge in [-0.2, -0.15) is 0 Å². The van der Waals surface area contributed by atoms with Crippen molar-refractivity contribution in [2.45, 2.75) is 6.42 Å². The average Bonchev–Trinajstić information content (AvgIpc) is 2.31. The van der Waals surface area contributed by atoms with Gasteiger partial charge in [-0.05, 0) is 0 Å². The monoisotopic (exact) mass is 232 g/mol. The molecule has 0 aromatic heterocycles. The standard InChI is InChI=1S/C10H16O6/c1-2-9(13)15-3-4-16-10(14)5-8(6-11)7-12/h2,8,11-12H,1,3-7H2. The Labute approximate surface area is 93.5 Å². The molecule has 0 rings (SSSR count). The van der Waals surface area contributed by atoms with E-state index in [4.69, 9.17) is 14.9 Å². The molecule has 0 aliphatic heterocycles. The molecule has 0 aromatic rings. The van der Waals surface area contributed by atoms with Crippen LogP contribution in [0, 0.1) is 5.92 Å². The first-order valence-corrected chi connectivity index (χ1v) is 4.80. The summed E-state index contributed by atoms with van der Waals surface area (Å²) in [5.74, 6) is -1.65. The zero-order valence-electron chi connectivity index (χ0n) is 8.92. The molecule has 0 radical (unpaired) electrons. The van der Waals surface area contributed by atoms with E-state index in [2.05, 4.69) is 11.3 Å². The fraction of sp³-hybridized carbons (Fsp3) is 0.600. The van der Waals surface area contributed by atoms with Crippen LogP contribution in [0.1, 0.15) is 6.42 Å². The summed E-state index contributed by atoms with van der Waals surface area (Å²) in [6.07, 6.45) is 0.942. The highest BCUT2D eigenvalue weighted by atomic mass is 16.6. The minimum absolute atomic E-state index is 0.0422. The van der Waals surface area contributed by atoms with Gasteiger partial charge in [0.05, 0.1) is 6.42 Å². The highest BCUT2D eigenvalue weighted by Crippen LogP contribution is 2.02. The first-order chi connectivity index (χ1) is 7.63. The van der Waals surface area contributed by atoms with Crippen LogP contribution in [0.5, 0.6) is 0 Å². The van der Waals surface area contributed by atoms with Gasteiger partial charge in [0, 0.05) is 25.2 Å². The number of aliphatic hydroxyl groups is 2. The zero-order valence-corrected chi connectivity index (χ0v) is 8.92. The van der Waals surface area contributed by atoms with E-state index in [9.17, 15) is 9.59 Å². The Kier molecular flexibility index (Phi) is 8.10. The minimum Gasteiger partial charge on any atom is -0.462 e. The molecule has 0 bridgehead atoms. The molecule has 0 aromatic carbocycles. The van der Waals surface area contributed by atoms with E-state index < -0.39 is 17.9 Å². The molecular formula is C10H16O6. The van der Waals surface area contributed by atoms with E-state index >= 15 is 0 Å². The summed E-state index contributed by atoms with van der Waals surface area (Å²) < 4.78 is 9.26. The third-order valence-electron chi connectivity index (χ3n) is 1.73. The Morgan fingerprint density at radius 1 is 1.19 bits per heavy atom. The van der Waals surface area contributed by atoms with Gasteiger partial charge < -0.3 is 19.7 Å². The molecular weight excluding hydrogens is 216 g/mol. The lowest BCUT2D eigenvalue weighted by Crippen LogP contribution is -2.19. The lowest BCUT2D eigenvalue weighted by atomic mass is 10.1. The number of carbonyl (C=O) groups is 2. The molecule has 2 N–H and O–H groups in total. The first kappa shape index (κ1) is 14.6. The average molecular weight is 232 g/mol. The second-order valence-corrected chi connectivity index (χ2v) is 3.03. The third kappa shape index (κ3) is 6.97. The van der Waals surface area contributed by atoms with Crippen LogP contribution in [-0.2, 0) is 19.1 Å². The molecule has 0 atom stereocenters. The largest absolute Gasteiger partial charge is 0.462 e. The third-order valence-corrected chi connectivity index (χ3v) is 1.73. The molecule has 0 fully saturated rings. The van der Waals surface area contributed by atoms with Gasteiger partial charge >= 0.3 is 11.9 Å². The molecule has 92 valence electrons. The van der Waals surface area contributed by atoms with E-state index in [1.807, 2.05) is 0 Å². The Balaban J connectivity index is 3.57. The van der Waals surface area contributed by atoms with Crippen molar-refractivity contribution in [1.29, 1.82) is 0 Å². The molecule has 0 spiro atoms. The molecule has 0 saturated heterocycles. The molecule has 0 saturated carbocycles. The number of hydrogen-bond acceptors (Lipinski definition) is 6. The maximum atomic E-state index is 11.1. The lowest BCUT2D eigenvalue weighted by Gasteiger charge is -2.10. The van der Waals surface area contributed by atoms with E-state index in [1.54, 1.807) is 0 Å². The van der Waals surface area contributed by atoms with Gasteiger partial charge in [-0.25, -0.2) is 4.79 Å². The molecule has 0 heterocycles. The van der Waals surface area contributed by atoms with Gasteiger partial charge in [-0.15, -0.1) is 0 Å². The SMILES string of the molecule is C=CC(=O)OCCOC(=O)CC(CO)CO. The number of ether oxygens (including phenoxy) is 2. The van der Waals surface area contributed by atoms with Gasteiger partial charge in [0.2, 0.25) is 0 Å². The first-order valence-electron chi connectivity index (χ1n) is 4.80. The van der Waals surface area contributed by atoms with Gasteiger partial charge in [0.1, 0.15) is 13.2 Å². The van der Waals surface area contributed by atoms with Crippen LogP contribution in [0.3, 0.4) is 0 Å². The van der Waals surface area contributed by atoms with Gasteiger partial charge in [-0.3, -0.25) is 4.79 Å². The summed E-state index contributed by atoms with van der Waals surface area (Å²) >= 11 is 0. The van der Waals surface area contributed by atoms with Crippen LogP contribution in [0.15, 0.2) is 12.7 Å². The smallest absolute Gasteiger partial charge is 0.330 e. The van der Waals surface area contributed by atoms with E-state index in [-0.39, 0.29) is 32.8 Å². The minimum atomic E-state index is -0.584. The fourth-order valence-electron chi connectivity index (χ4n) is 0.838. The normalized spacial score (nSPS) is 9.94. The maximum absolute atomic E-state index is 11.1. The van der Waals surface area contributed by atoms with Crippen LogP contribution in [-0.4, -0.2) is 48.6 Å². The number of carbonyl (C=O) groups excluding carboxylic acids is 2. The zero-order chi connectivity index (χ0) is 12.4. The summed E-state index contributed by atoms with van der Waals surface area (Å²) in [7, 11) is 0. The van der Waals surface area contributed by atoms with Gasteiger partial charge in [0.25, 0.3) is 0 Å². The number of rotatable bonds is 8. The van der Waals surface area contributed by atoms with Crippen molar-refractivity contribution >= 4 is 11.9 Å². The Morgan fingerprint density at radius 3 is 2.25 bits per heavy atom. The summed E-state index contributed by atoms with van der Waals surface area (Å²) in [5.41, 5.74) is 0. The maximum Gasteiger partial charge on any atom is 0.330 e. The van der Waals surface area contributed by atoms with Crippen molar-refractivity contribution in [1.82, 2.24) is 0 Å². The molecule has 6 heteroatoms. The summed E-state index contributed by atoms with van der Waals surface area (Å²) in [6.45, 7) is 2.54. The van der Waals surface area contributed by atoms with Crippen molar-refractivity contribution in [2.75, 3.05) is 26.4 Å². The number of hydrogen-bond donors (Lipinski definition) is 2. The van der Waals surface area contributed by atoms with Crippen LogP contribution in [0.2, 0.25) is 0 Å². The number of esters is 2. The summed E-state index contributed by atoms with van der Waals surface area (Å²) in [6, 6.07) is 0. The van der Waals surface area contributed by atoms with Crippen molar-refractivity contribution in [3.63, 3.8) is 0 Å². The summed E-state index contributed by atoms with van der Waals surface area (Å²) in [5, 5.41) is 17.4. The second kappa shape index (κ2) is 8.87. The van der Waals surface area contributed by atoms with Crippen LogP contribution in [0.4, 0.5) is 0 Å². The lowest BCUT2D eigenvalue weighted by molar-refractivity contribution is -0.151.